The zero-order valence-electron chi connectivity index (χ0n) is 16.0. The third-order valence-electron chi connectivity index (χ3n) is 5.64. The number of hydrogen-bond acceptors (Lipinski definition) is 4. The van der Waals surface area contributed by atoms with Crippen molar-refractivity contribution in [1.29, 1.82) is 0 Å². The van der Waals surface area contributed by atoms with Gasteiger partial charge in [0.2, 0.25) is 16.8 Å². The fraction of sp³-hybridized carbons (Fsp3) is 0.476. The van der Waals surface area contributed by atoms with E-state index >= 15 is 0 Å². The number of benzene rings is 1. The summed E-state index contributed by atoms with van der Waals surface area (Å²) < 4.78 is 1.78. The highest BCUT2D eigenvalue weighted by atomic mass is 35.5. The molecule has 1 aliphatic carbocycles. The second-order valence-corrected chi connectivity index (χ2v) is 8.88. The van der Waals surface area contributed by atoms with Gasteiger partial charge in [-0.3, -0.25) is 10.1 Å². The minimum Gasteiger partial charge on any atom is -0.293 e. The summed E-state index contributed by atoms with van der Waals surface area (Å²) in [5.41, 5.74) is 1.96. The Labute approximate surface area is 174 Å². The van der Waals surface area contributed by atoms with E-state index in [9.17, 15) is 4.79 Å². The number of nitrogens with one attached hydrogen (secondary N) is 1. The molecule has 0 saturated heterocycles. The van der Waals surface area contributed by atoms with E-state index in [2.05, 4.69) is 22.3 Å². The van der Waals surface area contributed by atoms with E-state index < -0.39 is 0 Å². The third kappa shape index (κ3) is 4.23. The van der Waals surface area contributed by atoms with Gasteiger partial charge in [0, 0.05) is 21.9 Å². The van der Waals surface area contributed by atoms with Crippen LogP contribution in [0.1, 0.15) is 51.9 Å². The van der Waals surface area contributed by atoms with Crippen molar-refractivity contribution in [2.75, 3.05) is 5.32 Å². The van der Waals surface area contributed by atoms with Gasteiger partial charge in [0.05, 0.1) is 5.69 Å². The largest absolute Gasteiger partial charge is 0.293 e. The molecule has 28 heavy (non-hydrogen) atoms. The molecule has 1 saturated carbocycles. The summed E-state index contributed by atoms with van der Waals surface area (Å²) in [6.45, 7) is 2.24. The second kappa shape index (κ2) is 8.62. The molecule has 0 atom stereocenters. The van der Waals surface area contributed by atoms with Crippen LogP contribution in [0.25, 0.3) is 16.2 Å². The predicted molar refractivity (Wildman–Crippen MR) is 115 cm³/mol. The Hall–Kier alpha value is -1.92. The molecular formula is C21H25ClN4OS. The number of fused-ring (bicyclic) bond motifs is 1. The monoisotopic (exact) mass is 416 g/mol. The summed E-state index contributed by atoms with van der Waals surface area (Å²) >= 11 is 7.49. The van der Waals surface area contributed by atoms with Crippen molar-refractivity contribution in [2.24, 2.45) is 11.8 Å². The molecule has 2 heterocycles. The van der Waals surface area contributed by atoms with Gasteiger partial charge >= 0.3 is 0 Å². The van der Waals surface area contributed by atoms with E-state index in [1.807, 2.05) is 29.6 Å². The number of carbonyl (C=O) groups excluding carboxylic acids is 1. The highest BCUT2D eigenvalue weighted by Gasteiger charge is 2.27. The fourth-order valence-corrected chi connectivity index (χ4v) is 4.93. The van der Waals surface area contributed by atoms with Crippen LogP contribution in [0.15, 0.2) is 29.6 Å². The van der Waals surface area contributed by atoms with Gasteiger partial charge in [-0.1, -0.05) is 49.9 Å². The third-order valence-corrected chi connectivity index (χ3v) is 6.71. The predicted octanol–water partition coefficient (Wildman–Crippen LogP) is 6.05. The lowest BCUT2D eigenvalue weighted by Crippen LogP contribution is -2.27. The number of aromatic nitrogens is 3. The first-order valence-corrected chi connectivity index (χ1v) is 11.3. The fourth-order valence-electron chi connectivity index (χ4n) is 3.97. The van der Waals surface area contributed by atoms with Gasteiger partial charge in [-0.25, -0.2) is 4.52 Å². The quantitative estimate of drug-likeness (QED) is 0.532. The van der Waals surface area contributed by atoms with Crippen molar-refractivity contribution in [1.82, 2.24) is 14.6 Å². The number of amides is 1. The second-order valence-electron chi connectivity index (χ2n) is 7.61. The van der Waals surface area contributed by atoms with Gasteiger partial charge in [-0.2, -0.15) is 4.98 Å². The Bertz CT molecular complexity index is 941. The molecule has 2 aromatic heterocycles. The molecule has 0 radical (unpaired) electrons. The first-order chi connectivity index (χ1) is 13.6. The number of halogens is 1. The molecule has 4 rings (SSSR count). The van der Waals surface area contributed by atoms with E-state index in [-0.39, 0.29) is 11.8 Å². The summed E-state index contributed by atoms with van der Waals surface area (Å²) in [5, 5.41) is 10.2. The lowest BCUT2D eigenvalue weighted by atomic mass is 9.79. The minimum atomic E-state index is 0.0558. The lowest BCUT2D eigenvalue weighted by Gasteiger charge is -2.27. The normalized spacial score (nSPS) is 19.8. The van der Waals surface area contributed by atoms with E-state index in [0.717, 1.165) is 47.8 Å². The number of rotatable bonds is 6. The van der Waals surface area contributed by atoms with Crippen molar-refractivity contribution in [3.05, 3.63) is 34.7 Å². The molecule has 1 aliphatic rings. The number of nitrogens with zero attached hydrogens (tertiary/aromatic N) is 3. The van der Waals surface area contributed by atoms with Gasteiger partial charge in [-0.15, -0.1) is 16.4 Å². The van der Waals surface area contributed by atoms with Gasteiger partial charge in [0.15, 0.2) is 0 Å². The summed E-state index contributed by atoms with van der Waals surface area (Å²) in [4.78, 5) is 17.9. The smallest absolute Gasteiger partial charge is 0.250 e. The van der Waals surface area contributed by atoms with Crippen molar-refractivity contribution in [2.45, 2.75) is 51.9 Å². The number of carbonyl (C=O) groups is 1. The average molecular weight is 417 g/mol. The van der Waals surface area contributed by atoms with Gasteiger partial charge < -0.3 is 0 Å². The van der Waals surface area contributed by atoms with E-state index in [1.165, 1.54) is 30.6 Å². The molecule has 0 aliphatic heterocycles. The zero-order chi connectivity index (χ0) is 19.5. The number of hydrogen-bond donors (Lipinski definition) is 1. The molecule has 1 N–H and O–H groups in total. The van der Waals surface area contributed by atoms with Crippen LogP contribution in [0.3, 0.4) is 0 Å². The van der Waals surface area contributed by atoms with Crippen molar-refractivity contribution < 1.29 is 4.79 Å². The van der Waals surface area contributed by atoms with Crippen LogP contribution >= 0.6 is 22.9 Å². The zero-order valence-corrected chi connectivity index (χ0v) is 17.6. The summed E-state index contributed by atoms with van der Waals surface area (Å²) in [5.74, 6) is 1.32. The van der Waals surface area contributed by atoms with Gasteiger partial charge in [-0.05, 0) is 43.7 Å². The minimum absolute atomic E-state index is 0.0558. The molecule has 1 amide bonds. The maximum absolute atomic E-state index is 12.7. The van der Waals surface area contributed by atoms with Crippen LogP contribution in [-0.2, 0) is 4.79 Å². The maximum Gasteiger partial charge on any atom is 0.250 e. The van der Waals surface area contributed by atoms with Crippen LogP contribution < -0.4 is 5.32 Å². The maximum atomic E-state index is 12.7. The van der Waals surface area contributed by atoms with Crippen molar-refractivity contribution in [3.8, 4) is 11.3 Å². The molecule has 7 heteroatoms. The lowest BCUT2D eigenvalue weighted by molar-refractivity contribution is -0.121. The van der Waals surface area contributed by atoms with Crippen molar-refractivity contribution in [3.63, 3.8) is 0 Å². The number of thiazole rings is 1. The van der Waals surface area contributed by atoms with E-state index in [1.54, 1.807) is 4.52 Å². The van der Waals surface area contributed by atoms with Gasteiger partial charge in [0.1, 0.15) is 0 Å². The van der Waals surface area contributed by atoms with E-state index in [0.29, 0.717) is 11.0 Å². The standard InChI is InChI=1S/C21H25ClN4OS/c1-2-3-4-14-5-7-16(8-6-14)19(27)23-20-24-21-26(25-20)18(13-28-21)15-9-11-17(22)12-10-15/h9-14,16H,2-8H2,1H3,(H,23,25,27). The molecule has 5 nitrogen and oxygen atoms in total. The molecule has 1 aromatic carbocycles. The highest BCUT2D eigenvalue weighted by Crippen LogP contribution is 2.33. The van der Waals surface area contributed by atoms with E-state index in [4.69, 9.17) is 11.6 Å². The molecule has 0 unspecified atom stereocenters. The van der Waals surface area contributed by atoms with Crippen LogP contribution in [-0.4, -0.2) is 20.5 Å². The Balaban J connectivity index is 1.41. The van der Waals surface area contributed by atoms with Crippen LogP contribution in [0.4, 0.5) is 5.95 Å². The van der Waals surface area contributed by atoms with Gasteiger partial charge in [0.25, 0.3) is 0 Å². The Morgan fingerprint density at radius 2 is 2.00 bits per heavy atom. The topological polar surface area (TPSA) is 59.3 Å². The summed E-state index contributed by atoms with van der Waals surface area (Å²) in [6.07, 6.45) is 8.11. The Morgan fingerprint density at radius 3 is 2.71 bits per heavy atom. The van der Waals surface area contributed by atoms with Crippen LogP contribution in [0.5, 0.6) is 0 Å². The molecule has 148 valence electrons. The summed E-state index contributed by atoms with van der Waals surface area (Å²) in [6, 6.07) is 7.63. The first-order valence-electron chi connectivity index (χ1n) is 10.0. The highest BCUT2D eigenvalue weighted by molar-refractivity contribution is 7.15. The van der Waals surface area contributed by atoms with Crippen molar-refractivity contribution >= 4 is 39.8 Å². The average Bonchev–Trinajstić information content (AvgIpc) is 3.27. The number of unbranched alkanes of at least 4 members (excludes halogenated alkanes) is 1. The van der Waals surface area contributed by atoms with Crippen LogP contribution in [0.2, 0.25) is 5.02 Å². The Kier molecular flexibility index (Phi) is 5.97. The number of anilines is 1. The molecule has 0 spiro atoms. The summed E-state index contributed by atoms with van der Waals surface area (Å²) in [7, 11) is 0. The van der Waals surface area contributed by atoms with Crippen LogP contribution in [0, 0.1) is 11.8 Å². The first kappa shape index (κ1) is 19.4. The molecule has 3 aromatic rings. The Morgan fingerprint density at radius 1 is 1.25 bits per heavy atom. The molecular weight excluding hydrogens is 392 g/mol. The SMILES string of the molecule is CCCCC1CCC(C(=O)Nc2nc3scc(-c4ccc(Cl)cc4)n3n2)CC1. The molecule has 0 bridgehead atoms. The molecule has 1 fully saturated rings.